The van der Waals surface area contributed by atoms with Crippen molar-refractivity contribution in [2.45, 2.75) is 26.4 Å². The monoisotopic (exact) mass is 384 g/mol. The number of aromatic nitrogens is 1. The standard InChI is InChI=1S/C22H22ClFN2O/c1-2-13-26(22(27)17-9-11-19(24)12-10-17)16-20-7-5-14-25(20)15-18-6-3-4-8-21(18)23/h3-12,14H,2,13,15-16H2,1H3. The number of nitrogens with zero attached hydrogens (tertiary/aromatic N) is 2. The van der Waals surface area contributed by atoms with Gasteiger partial charge in [0.15, 0.2) is 0 Å². The molecule has 0 unspecified atom stereocenters. The molecule has 0 saturated carbocycles. The first-order valence-corrected chi connectivity index (χ1v) is 9.38. The Morgan fingerprint density at radius 1 is 1.07 bits per heavy atom. The Morgan fingerprint density at radius 2 is 1.81 bits per heavy atom. The van der Waals surface area contributed by atoms with Crippen LogP contribution in [0.3, 0.4) is 0 Å². The summed E-state index contributed by atoms with van der Waals surface area (Å²) < 4.78 is 15.3. The van der Waals surface area contributed by atoms with Crippen LogP contribution in [0, 0.1) is 5.82 Å². The van der Waals surface area contributed by atoms with Gasteiger partial charge in [0.05, 0.1) is 6.54 Å². The average Bonchev–Trinajstić information content (AvgIpc) is 3.10. The molecule has 1 heterocycles. The highest BCUT2D eigenvalue weighted by molar-refractivity contribution is 6.31. The van der Waals surface area contributed by atoms with Crippen LogP contribution in [0.15, 0.2) is 66.9 Å². The Labute approximate surface area is 164 Å². The lowest BCUT2D eigenvalue weighted by atomic mass is 10.2. The maximum atomic E-state index is 13.2. The van der Waals surface area contributed by atoms with Gasteiger partial charge in [0.2, 0.25) is 0 Å². The molecule has 0 spiro atoms. The summed E-state index contributed by atoms with van der Waals surface area (Å²) in [6.45, 7) is 3.80. The van der Waals surface area contributed by atoms with Crippen molar-refractivity contribution in [3.8, 4) is 0 Å². The number of amides is 1. The van der Waals surface area contributed by atoms with Gasteiger partial charge in [-0.25, -0.2) is 4.39 Å². The molecule has 140 valence electrons. The van der Waals surface area contributed by atoms with Gasteiger partial charge in [0, 0.05) is 35.6 Å². The molecule has 0 aliphatic carbocycles. The zero-order valence-electron chi connectivity index (χ0n) is 15.2. The molecular weight excluding hydrogens is 363 g/mol. The minimum absolute atomic E-state index is 0.0951. The third kappa shape index (κ3) is 4.77. The van der Waals surface area contributed by atoms with Crippen LogP contribution in [0.4, 0.5) is 4.39 Å². The maximum absolute atomic E-state index is 13.2. The van der Waals surface area contributed by atoms with E-state index in [4.69, 9.17) is 11.6 Å². The fourth-order valence-electron chi connectivity index (χ4n) is 3.05. The predicted octanol–water partition coefficient (Wildman–Crippen LogP) is 5.38. The van der Waals surface area contributed by atoms with E-state index < -0.39 is 0 Å². The Kier molecular flexibility index (Phi) is 6.30. The third-order valence-corrected chi connectivity index (χ3v) is 4.82. The Bertz CT molecular complexity index is 905. The molecule has 0 aliphatic rings. The smallest absolute Gasteiger partial charge is 0.254 e. The fraction of sp³-hybridized carbons (Fsp3) is 0.227. The minimum atomic E-state index is -0.345. The van der Waals surface area contributed by atoms with Crippen LogP contribution >= 0.6 is 11.6 Å². The average molecular weight is 385 g/mol. The Balaban J connectivity index is 1.79. The number of benzene rings is 2. The lowest BCUT2D eigenvalue weighted by Gasteiger charge is -2.23. The van der Waals surface area contributed by atoms with E-state index in [9.17, 15) is 9.18 Å². The van der Waals surface area contributed by atoms with Gasteiger partial charge in [-0.3, -0.25) is 4.79 Å². The molecule has 27 heavy (non-hydrogen) atoms. The van der Waals surface area contributed by atoms with Crippen molar-refractivity contribution in [2.24, 2.45) is 0 Å². The number of rotatable bonds is 7. The largest absolute Gasteiger partial charge is 0.345 e. The molecular formula is C22H22ClFN2O. The number of halogens is 2. The van der Waals surface area contributed by atoms with Crippen molar-refractivity contribution < 1.29 is 9.18 Å². The molecule has 0 saturated heterocycles. The van der Waals surface area contributed by atoms with E-state index in [-0.39, 0.29) is 11.7 Å². The highest BCUT2D eigenvalue weighted by Crippen LogP contribution is 2.19. The van der Waals surface area contributed by atoms with Gasteiger partial charge in [-0.05, 0) is 54.4 Å². The van der Waals surface area contributed by atoms with Crippen molar-refractivity contribution in [1.82, 2.24) is 9.47 Å². The van der Waals surface area contributed by atoms with Crippen LogP contribution in [0.1, 0.15) is 35.0 Å². The predicted molar refractivity (Wildman–Crippen MR) is 106 cm³/mol. The van der Waals surface area contributed by atoms with Crippen LogP contribution in [-0.2, 0) is 13.1 Å². The molecule has 0 fully saturated rings. The van der Waals surface area contributed by atoms with Gasteiger partial charge in [-0.15, -0.1) is 0 Å². The highest BCUT2D eigenvalue weighted by Gasteiger charge is 2.17. The fourth-order valence-corrected chi connectivity index (χ4v) is 3.25. The van der Waals surface area contributed by atoms with Crippen LogP contribution in [-0.4, -0.2) is 21.9 Å². The molecule has 3 rings (SSSR count). The molecule has 3 aromatic rings. The second-order valence-corrected chi connectivity index (χ2v) is 6.86. The summed E-state index contributed by atoms with van der Waals surface area (Å²) in [6, 6.07) is 17.4. The van der Waals surface area contributed by atoms with Gasteiger partial charge >= 0.3 is 0 Å². The molecule has 0 aliphatic heterocycles. The maximum Gasteiger partial charge on any atom is 0.254 e. The topological polar surface area (TPSA) is 25.2 Å². The molecule has 1 amide bonds. The molecule has 0 radical (unpaired) electrons. The molecule has 3 nitrogen and oxygen atoms in total. The molecule has 5 heteroatoms. The Hall–Kier alpha value is -2.59. The third-order valence-electron chi connectivity index (χ3n) is 4.45. The van der Waals surface area contributed by atoms with E-state index in [2.05, 4.69) is 4.57 Å². The summed E-state index contributed by atoms with van der Waals surface area (Å²) in [5.74, 6) is -0.440. The number of carbonyl (C=O) groups excluding carboxylic acids is 1. The molecule has 0 bridgehead atoms. The summed E-state index contributed by atoms with van der Waals surface area (Å²) in [6.07, 6.45) is 2.84. The molecule has 2 aromatic carbocycles. The lowest BCUT2D eigenvalue weighted by Crippen LogP contribution is -2.32. The van der Waals surface area contributed by atoms with Crippen molar-refractivity contribution in [2.75, 3.05) is 6.54 Å². The summed E-state index contributed by atoms with van der Waals surface area (Å²) in [4.78, 5) is 14.7. The van der Waals surface area contributed by atoms with Crippen LogP contribution in [0.2, 0.25) is 5.02 Å². The van der Waals surface area contributed by atoms with E-state index in [0.717, 1.165) is 22.7 Å². The van der Waals surface area contributed by atoms with E-state index in [1.54, 1.807) is 4.90 Å². The van der Waals surface area contributed by atoms with Gasteiger partial charge in [0.25, 0.3) is 5.91 Å². The first-order chi connectivity index (χ1) is 13.1. The van der Waals surface area contributed by atoms with Crippen molar-refractivity contribution in [1.29, 1.82) is 0 Å². The SMILES string of the molecule is CCCN(Cc1cccn1Cc1ccccc1Cl)C(=O)c1ccc(F)cc1. The number of carbonyl (C=O) groups is 1. The zero-order chi connectivity index (χ0) is 19.2. The summed E-state index contributed by atoms with van der Waals surface area (Å²) in [7, 11) is 0. The minimum Gasteiger partial charge on any atom is -0.345 e. The van der Waals surface area contributed by atoms with Crippen LogP contribution in [0.25, 0.3) is 0 Å². The van der Waals surface area contributed by atoms with E-state index >= 15 is 0 Å². The first kappa shape index (κ1) is 19.2. The van der Waals surface area contributed by atoms with Gasteiger partial charge in [-0.1, -0.05) is 36.7 Å². The molecule has 0 N–H and O–H groups in total. The van der Waals surface area contributed by atoms with Crippen molar-refractivity contribution in [3.05, 3.63) is 94.5 Å². The first-order valence-electron chi connectivity index (χ1n) is 9.00. The number of hydrogen-bond donors (Lipinski definition) is 0. The Morgan fingerprint density at radius 3 is 2.52 bits per heavy atom. The summed E-state index contributed by atoms with van der Waals surface area (Å²) in [5, 5.41) is 0.727. The van der Waals surface area contributed by atoms with E-state index in [1.165, 1.54) is 24.3 Å². The second-order valence-electron chi connectivity index (χ2n) is 6.45. The quantitative estimate of drug-likeness (QED) is 0.536. The summed E-state index contributed by atoms with van der Waals surface area (Å²) >= 11 is 6.28. The van der Waals surface area contributed by atoms with Crippen LogP contribution < -0.4 is 0 Å². The zero-order valence-corrected chi connectivity index (χ0v) is 16.0. The van der Waals surface area contributed by atoms with Crippen LogP contribution in [0.5, 0.6) is 0 Å². The van der Waals surface area contributed by atoms with Gasteiger partial charge < -0.3 is 9.47 Å². The molecule has 1 aromatic heterocycles. The lowest BCUT2D eigenvalue weighted by molar-refractivity contribution is 0.0739. The molecule has 0 atom stereocenters. The highest BCUT2D eigenvalue weighted by atomic mass is 35.5. The second kappa shape index (κ2) is 8.87. The van der Waals surface area contributed by atoms with E-state index in [1.807, 2.05) is 49.5 Å². The normalized spacial score (nSPS) is 10.8. The van der Waals surface area contributed by atoms with Crippen molar-refractivity contribution >= 4 is 17.5 Å². The van der Waals surface area contributed by atoms with Gasteiger partial charge in [0.1, 0.15) is 5.82 Å². The summed E-state index contributed by atoms with van der Waals surface area (Å²) in [5.41, 5.74) is 2.55. The number of hydrogen-bond acceptors (Lipinski definition) is 1. The van der Waals surface area contributed by atoms with Crippen molar-refractivity contribution in [3.63, 3.8) is 0 Å². The van der Waals surface area contributed by atoms with Gasteiger partial charge in [-0.2, -0.15) is 0 Å². The van der Waals surface area contributed by atoms with E-state index in [0.29, 0.717) is 25.2 Å².